The van der Waals surface area contributed by atoms with Gasteiger partial charge >= 0.3 is 0 Å². The van der Waals surface area contributed by atoms with Crippen molar-refractivity contribution in [3.05, 3.63) is 44.8 Å². The van der Waals surface area contributed by atoms with E-state index in [9.17, 15) is 4.79 Å². The summed E-state index contributed by atoms with van der Waals surface area (Å²) in [5.41, 5.74) is 1.02. The number of fused-ring (bicyclic) bond motifs is 1. The van der Waals surface area contributed by atoms with Crippen LogP contribution in [-0.2, 0) is 7.05 Å². The van der Waals surface area contributed by atoms with Crippen molar-refractivity contribution in [1.29, 1.82) is 0 Å². The van der Waals surface area contributed by atoms with Gasteiger partial charge in [0.1, 0.15) is 0 Å². The smallest absolute Gasteiger partial charge is 0.258 e. The van der Waals surface area contributed by atoms with Gasteiger partial charge in [-0.3, -0.25) is 4.79 Å². The molecule has 1 aromatic carbocycles. The Balaban J connectivity index is 3.06. The number of hydrogen-bond donors (Lipinski definition) is 0. The van der Waals surface area contributed by atoms with Crippen LogP contribution in [0, 0.1) is 6.92 Å². The van der Waals surface area contributed by atoms with E-state index in [0.29, 0.717) is 0 Å². The van der Waals surface area contributed by atoms with Crippen LogP contribution in [0.4, 0.5) is 0 Å². The zero-order chi connectivity index (χ0) is 10.3. The summed E-state index contributed by atoms with van der Waals surface area (Å²) in [4.78, 5) is 11.8. The Kier molecular flexibility index (Phi) is 2.19. The molecule has 0 aliphatic rings. The molecule has 0 atom stereocenters. The number of aryl methyl sites for hydroxylation is 1. The lowest BCUT2D eigenvalue weighted by Crippen LogP contribution is -2.18. The van der Waals surface area contributed by atoms with Crippen LogP contribution < -0.4 is 5.56 Å². The molecule has 0 bridgehead atoms. The molecule has 2 nitrogen and oxygen atoms in total. The zero-order valence-electron chi connectivity index (χ0n) is 8.04. The molecule has 1 heterocycles. The van der Waals surface area contributed by atoms with Crippen LogP contribution in [0.1, 0.15) is 5.69 Å². The van der Waals surface area contributed by atoms with E-state index in [0.717, 1.165) is 20.9 Å². The molecule has 0 radical (unpaired) electrons. The molecule has 1 aromatic heterocycles. The predicted molar refractivity (Wildman–Crippen MR) is 61.6 cm³/mol. The molecular weight excluding hydrogens is 242 g/mol. The average molecular weight is 252 g/mol. The van der Waals surface area contributed by atoms with Crippen LogP contribution in [0.3, 0.4) is 0 Å². The number of aromatic nitrogens is 1. The Morgan fingerprint density at radius 3 is 2.71 bits per heavy atom. The third kappa shape index (κ3) is 1.28. The monoisotopic (exact) mass is 251 g/mol. The Hall–Kier alpha value is -1.09. The fraction of sp³-hybridized carbons (Fsp3) is 0.182. The van der Waals surface area contributed by atoms with Crippen molar-refractivity contribution in [2.75, 3.05) is 0 Å². The molecule has 0 unspecified atom stereocenters. The second-order valence-electron chi connectivity index (χ2n) is 3.35. The molecule has 14 heavy (non-hydrogen) atoms. The number of pyridine rings is 1. The number of hydrogen-bond acceptors (Lipinski definition) is 1. The maximum absolute atomic E-state index is 11.8. The molecular formula is C11H10BrNO. The van der Waals surface area contributed by atoms with Crippen LogP contribution in [0.25, 0.3) is 10.8 Å². The molecule has 0 aliphatic carbocycles. The van der Waals surface area contributed by atoms with E-state index in [2.05, 4.69) is 15.9 Å². The summed E-state index contributed by atoms with van der Waals surface area (Å²) in [5.74, 6) is 0. The van der Waals surface area contributed by atoms with Gasteiger partial charge in [-0.15, -0.1) is 0 Å². The highest BCUT2D eigenvalue weighted by atomic mass is 79.9. The van der Waals surface area contributed by atoms with E-state index in [4.69, 9.17) is 0 Å². The average Bonchev–Trinajstić information content (AvgIpc) is 2.17. The standard InChI is InChI=1S/C11H10BrNO/c1-7-6-9-8(11(14)13(7)2)4-3-5-10(9)12/h3-6H,1-2H3. The van der Waals surface area contributed by atoms with Crippen LogP contribution in [0.5, 0.6) is 0 Å². The van der Waals surface area contributed by atoms with Crippen LogP contribution >= 0.6 is 15.9 Å². The second kappa shape index (κ2) is 3.24. The molecule has 72 valence electrons. The zero-order valence-corrected chi connectivity index (χ0v) is 9.63. The van der Waals surface area contributed by atoms with Crippen LogP contribution in [0.2, 0.25) is 0 Å². The number of halogens is 1. The first kappa shape index (κ1) is 9.46. The highest BCUT2D eigenvalue weighted by Gasteiger charge is 2.04. The number of nitrogens with zero attached hydrogens (tertiary/aromatic N) is 1. The summed E-state index contributed by atoms with van der Waals surface area (Å²) in [6.07, 6.45) is 0. The van der Waals surface area contributed by atoms with Gasteiger partial charge in [-0.2, -0.15) is 0 Å². The van der Waals surface area contributed by atoms with E-state index in [-0.39, 0.29) is 5.56 Å². The maximum atomic E-state index is 11.8. The van der Waals surface area contributed by atoms with Crippen molar-refractivity contribution >= 4 is 26.7 Å². The molecule has 0 N–H and O–H groups in total. The van der Waals surface area contributed by atoms with Gasteiger partial charge in [0.25, 0.3) is 5.56 Å². The third-order valence-electron chi connectivity index (χ3n) is 2.47. The van der Waals surface area contributed by atoms with Crippen molar-refractivity contribution in [1.82, 2.24) is 4.57 Å². The van der Waals surface area contributed by atoms with E-state index < -0.39 is 0 Å². The predicted octanol–water partition coefficient (Wildman–Crippen LogP) is 2.61. The molecule has 0 aliphatic heterocycles. The summed E-state index contributed by atoms with van der Waals surface area (Å²) >= 11 is 3.44. The van der Waals surface area contributed by atoms with Crippen molar-refractivity contribution in [3.63, 3.8) is 0 Å². The number of rotatable bonds is 0. The van der Waals surface area contributed by atoms with Gasteiger partial charge in [-0.05, 0) is 25.1 Å². The number of benzene rings is 1. The minimum Gasteiger partial charge on any atom is -0.315 e. The summed E-state index contributed by atoms with van der Waals surface area (Å²) in [5, 5.41) is 1.74. The van der Waals surface area contributed by atoms with E-state index in [1.807, 2.05) is 31.2 Å². The Labute approximate surface area is 90.3 Å². The molecule has 0 saturated carbocycles. The minimum atomic E-state index is 0.0568. The van der Waals surface area contributed by atoms with E-state index in [1.54, 1.807) is 11.6 Å². The molecule has 0 spiro atoms. The van der Waals surface area contributed by atoms with Crippen molar-refractivity contribution < 1.29 is 0 Å². The Bertz CT molecular complexity index is 557. The first-order chi connectivity index (χ1) is 6.61. The van der Waals surface area contributed by atoms with Crippen molar-refractivity contribution in [3.8, 4) is 0 Å². The topological polar surface area (TPSA) is 22.0 Å². The minimum absolute atomic E-state index is 0.0568. The lowest BCUT2D eigenvalue weighted by atomic mass is 10.1. The van der Waals surface area contributed by atoms with Gasteiger partial charge in [0.05, 0.1) is 0 Å². The summed E-state index contributed by atoms with van der Waals surface area (Å²) < 4.78 is 2.63. The molecule has 0 fully saturated rings. The van der Waals surface area contributed by atoms with Gasteiger partial charge in [0.2, 0.25) is 0 Å². The first-order valence-corrected chi connectivity index (χ1v) is 5.15. The molecule has 3 heteroatoms. The van der Waals surface area contributed by atoms with Crippen LogP contribution in [-0.4, -0.2) is 4.57 Å². The maximum Gasteiger partial charge on any atom is 0.258 e. The van der Waals surface area contributed by atoms with Gasteiger partial charge < -0.3 is 4.57 Å². The fourth-order valence-corrected chi connectivity index (χ4v) is 2.00. The SMILES string of the molecule is Cc1cc2c(Br)cccc2c(=O)n1C. The quantitative estimate of drug-likeness (QED) is 0.706. The van der Waals surface area contributed by atoms with Gasteiger partial charge in [0.15, 0.2) is 0 Å². The highest BCUT2D eigenvalue weighted by molar-refractivity contribution is 9.10. The molecule has 2 rings (SSSR count). The van der Waals surface area contributed by atoms with Gasteiger partial charge in [-0.1, -0.05) is 22.0 Å². The van der Waals surface area contributed by atoms with Crippen molar-refractivity contribution in [2.45, 2.75) is 6.92 Å². The van der Waals surface area contributed by atoms with E-state index >= 15 is 0 Å². The fourth-order valence-electron chi connectivity index (χ4n) is 1.52. The Morgan fingerprint density at radius 1 is 1.29 bits per heavy atom. The second-order valence-corrected chi connectivity index (χ2v) is 4.21. The Morgan fingerprint density at radius 2 is 2.00 bits per heavy atom. The molecule has 2 aromatic rings. The third-order valence-corrected chi connectivity index (χ3v) is 3.16. The summed E-state index contributed by atoms with van der Waals surface area (Å²) in [7, 11) is 1.79. The lowest BCUT2D eigenvalue weighted by Gasteiger charge is -2.06. The van der Waals surface area contributed by atoms with Crippen molar-refractivity contribution in [2.24, 2.45) is 7.05 Å². The first-order valence-electron chi connectivity index (χ1n) is 4.36. The van der Waals surface area contributed by atoms with Gasteiger partial charge in [0, 0.05) is 28.0 Å². The largest absolute Gasteiger partial charge is 0.315 e. The van der Waals surface area contributed by atoms with Gasteiger partial charge in [-0.25, -0.2) is 0 Å². The highest BCUT2D eigenvalue weighted by Crippen LogP contribution is 2.21. The molecule has 0 saturated heterocycles. The summed E-state index contributed by atoms with van der Waals surface area (Å²) in [6, 6.07) is 7.69. The normalized spacial score (nSPS) is 10.8. The lowest BCUT2D eigenvalue weighted by molar-refractivity contribution is 0.830. The molecule has 0 amide bonds. The summed E-state index contributed by atoms with van der Waals surface area (Å²) in [6.45, 7) is 1.93. The van der Waals surface area contributed by atoms with E-state index in [1.165, 1.54) is 0 Å². The van der Waals surface area contributed by atoms with Crippen LogP contribution in [0.15, 0.2) is 33.5 Å².